The fraction of sp³-hybridized carbons (Fsp3) is 0.130. The van der Waals surface area contributed by atoms with E-state index in [-0.39, 0.29) is 22.6 Å². The molecule has 0 aliphatic carbocycles. The quantitative estimate of drug-likeness (QED) is 0.435. The summed E-state index contributed by atoms with van der Waals surface area (Å²) in [5.41, 5.74) is 2.82. The number of benzene rings is 3. The first-order valence-corrected chi connectivity index (χ1v) is 11.5. The third-order valence-electron chi connectivity index (χ3n) is 4.76. The van der Waals surface area contributed by atoms with E-state index in [0.29, 0.717) is 21.6 Å². The molecule has 4 aromatic rings. The Morgan fingerprint density at radius 2 is 1.47 bits per heavy atom. The van der Waals surface area contributed by atoms with Crippen LogP contribution in [0.1, 0.15) is 24.1 Å². The van der Waals surface area contributed by atoms with Gasteiger partial charge >= 0.3 is 0 Å². The van der Waals surface area contributed by atoms with E-state index in [1.807, 2.05) is 55.5 Å². The van der Waals surface area contributed by atoms with Gasteiger partial charge in [0.1, 0.15) is 0 Å². The van der Waals surface area contributed by atoms with Crippen LogP contribution in [-0.2, 0) is 15.6 Å². The zero-order valence-corrected chi connectivity index (χ0v) is 17.9. The van der Waals surface area contributed by atoms with Crippen LogP contribution in [0.15, 0.2) is 83.9 Å². The van der Waals surface area contributed by atoms with E-state index in [1.165, 1.54) is 0 Å². The van der Waals surface area contributed by atoms with E-state index in [4.69, 9.17) is 11.6 Å². The van der Waals surface area contributed by atoms with Gasteiger partial charge in [-0.05, 0) is 42.3 Å². The lowest BCUT2D eigenvalue weighted by molar-refractivity contribution is 0.591. The predicted molar refractivity (Wildman–Crippen MR) is 120 cm³/mol. The smallest absolute Gasteiger partial charge is 0.203 e. The van der Waals surface area contributed by atoms with E-state index >= 15 is 0 Å². The third-order valence-corrected chi connectivity index (χ3v) is 6.60. The highest BCUT2D eigenvalue weighted by molar-refractivity contribution is 7.90. The number of fused-ring (bicyclic) bond motifs is 1. The van der Waals surface area contributed by atoms with Gasteiger partial charge in [0.2, 0.25) is 9.84 Å². The first-order valence-electron chi connectivity index (χ1n) is 9.48. The van der Waals surface area contributed by atoms with Crippen molar-refractivity contribution in [2.24, 2.45) is 0 Å². The van der Waals surface area contributed by atoms with Crippen LogP contribution in [0.4, 0.5) is 5.82 Å². The molecule has 0 spiro atoms. The highest BCUT2D eigenvalue weighted by Crippen LogP contribution is 2.28. The average molecular weight is 438 g/mol. The maximum absolute atomic E-state index is 13.3. The average Bonchev–Trinajstić information content (AvgIpc) is 2.75. The van der Waals surface area contributed by atoms with Gasteiger partial charge in [-0.1, -0.05) is 66.2 Å². The SMILES string of the molecule is CC(Nc1nc2ccccc2nc1S(=O)(=O)Cc1ccc(Cl)cc1)c1ccccc1. The van der Waals surface area contributed by atoms with Gasteiger partial charge in [0.05, 0.1) is 22.8 Å². The Labute approximate surface area is 180 Å². The third kappa shape index (κ3) is 4.45. The lowest BCUT2D eigenvalue weighted by Gasteiger charge is -2.18. The molecule has 4 rings (SSSR count). The standard InChI is InChI=1S/C23H20ClN3O2S/c1-16(18-7-3-2-4-8-18)25-22-23(27-21-10-6-5-9-20(21)26-22)30(28,29)15-17-11-13-19(24)14-12-17/h2-14,16H,15H2,1H3,(H,25,26). The molecule has 0 fully saturated rings. The number of anilines is 1. The van der Waals surface area contributed by atoms with Crippen LogP contribution >= 0.6 is 11.6 Å². The molecular formula is C23H20ClN3O2S. The lowest BCUT2D eigenvalue weighted by Crippen LogP contribution is -2.15. The van der Waals surface area contributed by atoms with E-state index < -0.39 is 9.84 Å². The van der Waals surface area contributed by atoms with Crippen molar-refractivity contribution in [1.29, 1.82) is 0 Å². The van der Waals surface area contributed by atoms with Crippen molar-refractivity contribution in [3.63, 3.8) is 0 Å². The molecule has 1 unspecified atom stereocenters. The molecule has 7 heteroatoms. The number of halogens is 1. The Kier molecular flexibility index (Phi) is 5.70. The molecule has 152 valence electrons. The van der Waals surface area contributed by atoms with Crippen molar-refractivity contribution in [2.45, 2.75) is 23.7 Å². The number of hydrogen-bond donors (Lipinski definition) is 1. The number of rotatable bonds is 6. The first-order chi connectivity index (χ1) is 14.4. The van der Waals surface area contributed by atoms with Crippen molar-refractivity contribution in [3.05, 3.63) is 95.0 Å². The normalized spacial score (nSPS) is 12.6. The van der Waals surface area contributed by atoms with E-state index in [2.05, 4.69) is 15.3 Å². The van der Waals surface area contributed by atoms with Crippen LogP contribution in [0.25, 0.3) is 11.0 Å². The summed E-state index contributed by atoms with van der Waals surface area (Å²) in [4.78, 5) is 9.06. The van der Waals surface area contributed by atoms with Crippen LogP contribution < -0.4 is 5.32 Å². The van der Waals surface area contributed by atoms with Crippen LogP contribution in [-0.4, -0.2) is 18.4 Å². The fourth-order valence-corrected chi connectivity index (χ4v) is 4.72. The molecule has 0 saturated carbocycles. The van der Waals surface area contributed by atoms with Crippen molar-refractivity contribution in [3.8, 4) is 0 Å². The first kappa shape index (κ1) is 20.3. The summed E-state index contributed by atoms with van der Waals surface area (Å²) in [7, 11) is -3.76. The topological polar surface area (TPSA) is 72.0 Å². The molecule has 1 N–H and O–H groups in total. The molecular weight excluding hydrogens is 418 g/mol. The summed E-state index contributed by atoms with van der Waals surface area (Å²) in [5, 5.41) is 3.75. The minimum atomic E-state index is -3.76. The number of hydrogen-bond acceptors (Lipinski definition) is 5. The van der Waals surface area contributed by atoms with E-state index in [1.54, 1.807) is 30.3 Å². The Balaban J connectivity index is 1.76. The highest BCUT2D eigenvalue weighted by Gasteiger charge is 2.25. The maximum atomic E-state index is 13.3. The Morgan fingerprint density at radius 1 is 0.867 bits per heavy atom. The number of nitrogens with zero attached hydrogens (tertiary/aromatic N) is 2. The van der Waals surface area contributed by atoms with Crippen molar-refractivity contribution in [2.75, 3.05) is 5.32 Å². The van der Waals surface area contributed by atoms with E-state index in [0.717, 1.165) is 5.56 Å². The molecule has 0 amide bonds. The molecule has 1 aromatic heterocycles. The fourth-order valence-electron chi connectivity index (χ4n) is 3.19. The van der Waals surface area contributed by atoms with E-state index in [9.17, 15) is 8.42 Å². The molecule has 0 saturated heterocycles. The van der Waals surface area contributed by atoms with Gasteiger partial charge in [-0.3, -0.25) is 0 Å². The second kappa shape index (κ2) is 8.42. The largest absolute Gasteiger partial charge is 0.361 e. The van der Waals surface area contributed by atoms with Crippen LogP contribution in [0.5, 0.6) is 0 Å². The summed E-state index contributed by atoms with van der Waals surface area (Å²) in [6, 6.07) is 23.6. The summed E-state index contributed by atoms with van der Waals surface area (Å²) < 4.78 is 26.6. The van der Waals surface area contributed by atoms with Crippen LogP contribution in [0, 0.1) is 0 Å². The van der Waals surface area contributed by atoms with Crippen LogP contribution in [0.3, 0.4) is 0 Å². The van der Waals surface area contributed by atoms with Gasteiger partial charge in [-0.25, -0.2) is 18.4 Å². The molecule has 0 bridgehead atoms. The molecule has 30 heavy (non-hydrogen) atoms. The number of aromatic nitrogens is 2. The number of nitrogens with one attached hydrogen (secondary N) is 1. The summed E-state index contributed by atoms with van der Waals surface area (Å²) in [6.45, 7) is 1.96. The molecule has 5 nitrogen and oxygen atoms in total. The van der Waals surface area contributed by atoms with Gasteiger partial charge in [-0.15, -0.1) is 0 Å². The summed E-state index contributed by atoms with van der Waals surface area (Å²) >= 11 is 5.92. The van der Waals surface area contributed by atoms with Gasteiger partial charge in [0.15, 0.2) is 10.8 Å². The summed E-state index contributed by atoms with van der Waals surface area (Å²) in [6.07, 6.45) is 0. The van der Waals surface area contributed by atoms with Gasteiger partial charge in [0.25, 0.3) is 0 Å². The zero-order chi connectivity index (χ0) is 21.1. The minimum Gasteiger partial charge on any atom is -0.361 e. The highest BCUT2D eigenvalue weighted by atomic mass is 35.5. The molecule has 3 aromatic carbocycles. The van der Waals surface area contributed by atoms with Gasteiger partial charge in [-0.2, -0.15) is 0 Å². The Morgan fingerprint density at radius 3 is 2.13 bits per heavy atom. The molecule has 1 atom stereocenters. The molecule has 1 heterocycles. The van der Waals surface area contributed by atoms with Crippen molar-refractivity contribution in [1.82, 2.24) is 9.97 Å². The second-order valence-electron chi connectivity index (χ2n) is 7.03. The second-order valence-corrected chi connectivity index (χ2v) is 9.37. The number of para-hydroxylation sites is 2. The zero-order valence-electron chi connectivity index (χ0n) is 16.3. The molecule has 0 aliphatic heterocycles. The number of sulfone groups is 1. The lowest BCUT2D eigenvalue weighted by atomic mass is 10.1. The molecule has 0 radical (unpaired) electrons. The maximum Gasteiger partial charge on any atom is 0.203 e. The molecule has 0 aliphatic rings. The summed E-state index contributed by atoms with van der Waals surface area (Å²) in [5.74, 6) is 0.0602. The van der Waals surface area contributed by atoms with Crippen molar-refractivity contribution >= 4 is 38.3 Å². The Bertz CT molecular complexity index is 1280. The Hall–Kier alpha value is -2.96. The van der Waals surface area contributed by atoms with Crippen molar-refractivity contribution < 1.29 is 8.42 Å². The monoisotopic (exact) mass is 437 g/mol. The van der Waals surface area contributed by atoms with Gasteiger partial charge in [0, 0.05) is 5.02 Å². The minimum absolute atomic E-state index is 0.0565. The predicted octanol–water partition coefficient (Wildman–Crippen LogP) is 5.43. The van der Waals surface area contributed by atoms with Crippen LogP contribution in [0.2, 0.25) is 5.02 Å². The van der Waals surface area contributed by atoms with Gasteiger partial charge < -0.3 is 5.32 Å².